The monoisotopic (exact) mass is 218 g/mol. The molecule has 1 saturated heterocycles. The average Bonchev–Trinajstić information content (AvgIpc) is 2.72. The van der Waals surface area contributed by atoms with E-state index in [0.717, 1.165) is 0 Å². The summed E-state index contributed by atoms with van der Waals surface area (Å²) in [6.45, 7) is 1.51. The maximum absolute atomic E-state index is 11.5. The van der Waals surface area contributed by atoms with Crippen molar-refractivity contribution >= 4 is 5.91 Å². The van der Waals surface area contributed by atoms with Crippen molar-refractivity contribution in [2.75, 3.05) is 34.0 Å². The van der Waals surface area contributed by atoms with Crippen LogP contribution >= 0.6 is 0 Å². The van der Waals surface area contributed by atoms with Crippen LogP contribution in [0, 0.1) is 0 Å². The van der Waals surface area contributed by atoms with Crippen LogP contribution in [-0.4, -0.2) is 52.0 Å². The van der Waals surface area contributed by atoms with Crippen LogP contribution in [0.3, 0.4) is 0 Å². The fourth-order valence-electron chi connectivity index (χ4n) is 1.40. The van der Waals surface area contributed by atoms with Gasteiger partial charge >= 0.3 is 0 Å². The molecule has 1 aliphatic heterocycles. The number of carbonyl (C=O) groups is 1. The molecule has 6 nitrogen and oxygen atoms in total. The highest BCUT2D eigenvalue weighted by molar-refractivity contribution is 5.81. The number of carbonyl (C=O) groups excluding carboxylic acids is 1. The molecule has 2 atom stereocenters. The van der Waals surface area contributed by atoms with Crippen molar-refractivity contribution in [2.24, 2.45) is 0 Å². The van der Waals surface area contributed by atoms with Crippen molar-refractivity contribution in [2.45, 2.75) is 18.6 Å². The first-order valence-corrected chi connectivity index (χ1v) is 4.94. The van der Waals surface area contributed by atoms with Crippen molar-refractivity contribution in [1.82, 2.24) is 10.8 Å². The molecule has 15 heavy (non-hydrogen) atoms. The lowest BCUT2D eigenvalue weighted by atomic mass is 10.2. The van der Waals surface area contributed by atoms with Crippen molar-refractivity contribution in [3.63, 3.8) is 0 Å². The average molecular weight is 218 g/mol. The third kappa shape index (κ3) is 4.13. The minimum atomic E-state index is -0.225. The van der Waals surface area contributed by atoms with Gasteiger partial charge in [-0.2, -0.15) is 0 Å². The maximum atomic E-state index is 11.5. The van der Waals surface area contributed by atoms with Gasteiger partial charge in [-0.15, -0.1) is 0 Å². The lowest BCUT2D eigenvalue weighted by molar-refractivity contribution is -0.136. The van der Waals surface area contributed by atoms with E-state index in [1.54, 1.807) is 14.2 Å². The summed E-state index contributed by atoms with van der Waals surface area (Å²) in [5.74, 6) is -0.161. The molecule has 0 radical (unpaired) electrons. The highest BCUT2D eigenvalue weighted by atomic mass is 16.7. The van der Waals surface area contributed by atoms with E-state index in [2.05, 4.69) is 10.8 Å². The Kier molecular flexibility index (Phi) is 5.56. The molecule has 2 N–H and O–H groups in total. The minimum Gasteiger partial charge on any atom is -0.382 e. The molecule has 1 rings (SSSR count). The Hall–Kier alpha value is -0.690. The quantitative estimate of drug-likeness (QED) is 0.445. The first-order valence-electron chi connectivity index (χ1n) is 4.94. The molecule has 88 valence electrons. The van der Waals surface area contributed by atoms with Crippen LogP contribution in [0.4, 0.5) is 0 Å². The lowest BCUT2D eigenvalue weighted by Crippen LogP contribution is -2.40. The van der Waals surface area contributed by atoms with E-state index in [-0.39, 0.29) is 18.1 Å². The Morgan fingerprint density at radius 1 is 1.47 bits per heavy atom. The normalized spacial score (nSPS) is 25.5. The van der Waals surface area contributed by atoms with E-state index in [1.165, 1.54) is 0 Å². The van der Waals surface area contributed by atoms with Gasteiger partial charge in [0.05, 0.1) is 25.4 Å². The summed E-state index contributed by atoms with van der Waals surface area (Å²) >= 11 is 0. The van der Waals surface area contributed by atoms with Crippen LogP contribution in [-0.2, 0) is 19.1 Å². The zero-order chi connectivity index (χ0) is 11.1. The molecule has 1 fully saturated rings. The molecule has 0 aromatic rings. The lowest BCUT2D eigenvalue weighted by Gasteiger charge is -2.10. The van der Waals surface area contributed by atoms with Gasteiger partial charge in [-0.3, -0.25) is 9.63 Å². The number of hydrogen-bond donors (Lipinski definition) is 2. The molecular weight excluding hydrogens is 200 g/mol. The number of nitrogens with one attached hydrogen (secondary N) is 2. The van der Waals surface area contributed by atoms with Crippen LogP contribution in [0.25, 0.3) is 0 Å². The first kappa shape index (κ1) is 12.4. The topological polar surface area (TPSA) is 68.8 Å². The molecule has 6 heteroatoms. The molecule has 0 saturated carbocycles. The Bertz CT molecular complexity index is 201. The van der Waals surface area contributed by atoms with E-state index < -0.39 is 0 Å². The molecule has 0 aliphatic carbocycles. The third-order valence-corrected chi connectivity index (χ3v) is 2.30. The van der Waals surface area contributed by atoms with Crippen LogP contribution in [0.1, 0.15) is 6.42 Å². The van der Waals surface area contributed by atoms with Crippen LogP contribution < -0.4 is 10.8 Å². The van der Waals surface area contributed by atoms with Gasteiger partial charge < -0.3 is 14.8 Å². The van der Waals surface area contributed by atoms with E-state index in [4.69, 9.17) is 14.3 Å². The predicted octanol–water partition coefficient (Wildman–Crippen LogP) is -0.942. The number of amides is 1. The maximum Gasteiger partial charge on any atom is 0.260 e. The molecule has 1 heterocycles. The van der Waals surface area contributed by atoms with Crippen LogP contribution in [0.5, 0.6) is 0 Å². The summed E-state index contributed by atoms with van der Waals surface area (Å²) in [6.07, 6.45) is 0.787. The zero-order valence-corrected chi connectivity index (χ0v) is 9.12. The second kappa shape index (κ2) is 6.73. The summed E-state index contributed by atoms with van der Waals surface area (Å²) in [4.78, 5) is 16.4. The molecule has 0 aromatic heterocycles. The van der Waals surface area contributed by atoms with Gasteiger partial charge in [-0.05, 0) is 6.42 Å². The van der Waals surface area contributed by atoms with Crippen LogP contribution in [0.2, 0.25) is 0 Å². The van der Waals surface area contributed by atoms with Gasteiger partial charge in [0.15, 0.2) is 0 Å². The van der Waals surface area contributed by atoms with Gasteiger partial charge in [0, 0.05) is 20.8 Å². The Balaban J connectivity index is 2.12. The molecule has 2 unspecified atom stereocenters. The second-order valence-electron chi connectivity index (χ2n) is 3.36. The van der Waals surface area contributed by atoms with E-state index in [1.807, 2.05) is 0 Å². The summed E-state index contributed by atoms with van der Waals surface area (Å²) in [7, 11) is 3.22. The number of rotatable bonds is 6. The van der Waals surface area contributed by atoms with Gasteiger partial charge in [0.25, 0.3) is 5.91 Å². The largest absolute Gasteiger partial charge is 0.382 e. The number of methoxy groups -OCH3 is 2. The van der Waals surface area contributed by atoms with Crippen molar-refractivity contribution in [1.29, 1.82) is 0 Å². The fraction of sp³-hybridized carbons (Fsp3) is 0.889. The van der Waals surface area contributed by atoms with Gasteiger partial charge in [0.2, 0.25) is 0 Å². The van der Waals surface area contributed by atoms with Crippen molar-refractivity contribution < 1.29 is 19.1 Å². The summed E-state index contributed by atoms with van der Waals surface area (Å²) in [5.41, 5.74) is 2.37. The molecular formula is C9H18N2O4. The highest BCUT2D eigenvalue weighted by Gasteiger charge is 2.29. The number of ether oxygens (including phenoxy) is 2. The van der Waals surface area contributed by atoms with Gasteiger partial charge in [-0.25, -0.2) is 5.48 Å². The summed E-state index contributed by atoms with van der Waals surface area (Å²) in [6, 6.07) is -0.225. The van der Waals surface area contributed by atoms with E-state index >= 15 is 0 Å². The van der Waals surface area contributed by atoms with E-state index in [9.17, 15) is 4.79 Å². The highest BCUT2D eigenvalue weighted by Crippen LogP contribution is 2.09. The SMILES string of the molecule is COCCONC(=O)C1CC(OC)CN1. The molecule has 0 bridgehead atoms. The number of hydroxylamine groups is 1. The Labute approximate surface area is 89.2 Å². The Morgan fingerprint density at radius 2 is 2.27 bits per heavy atom. The van der Waals surface area contributed by atoms with Gasteiger partial charge in [-0.1, -0.05) is 0 Å². The molecule has 1 aliphatic rings. The standard InChI is InChI=1S/C9H18N2O4/c1-13-3-4-15-11-9(12)8-5-7(14-2)6-10-8/h7-8,10H,3-6H2,1-2H3,(H,11,12). The smallest absolute Gasteiger partial charge is 0.260 e. The fourth-order valence-corrected chi connectivity index (χ4v) is 1.40. The summed E-state index contributed by atoms with van der Waals surface area (Å²) in [5, 5.41) is 3.05. The Morgan fingerprint density at radius 3 is 2.87 bits per heavy atom. The summed E-state index contributed by atoms with van der Waals surface area (Å²) < 4.78 is 9.90. The van der Waals surface area contributed by atoms with E-state index in [0.29, 0.717) is 26.2 Å². The number of hydrogen-bond acceptors (Lipinski definition) is 5. The predicted molar refractivity (Wildman–Crippen MR) is 53.2 cm³/mol. The molecule has 1 amide bonds. The van der Waals surface area contributed by atoms with Crippen molar-refractivity contribution in [3.8, 4) is 0 Å². The van der Waals surface area contributed by atoms with Crippen LogP contribution in [0.15, 0.2) is 0 Å². The third-order valence-electron chi connectivity index (χ3n) is 2.30. The molecule has 0 spiro atoms. The van der Waals surface area contributed by atoms with Crippen molar-refractivity contribution in [3.05, 3.63) is 0 Å². The first-order chi connectivity index (χ1) is 7.27. The minimum absolute atomic E-state index is 0.111. The second-order valence-corrected chi connectivity index (χ2v) is 3.36. The van der Waals surface area contributed by atoms with Gasteiger partial charge in [0.1, 0.15) is 0 Å². The zero-order valence-electron chi connectivity index (χ0n) is 9.12. The molecule has 0 aromatic carbocycles.